The fourth-order valence-electron chi connectivity index (χ4n) is 4.16. The highest BCUT2D eigenvalue weighted by Crippen LogP contribution is 2.29. The molecule has 0 spiro atoms. The van der Waals surface area contributed by atoms with Crippen LogP contribution in [0.25, 0.3) is 0 Å². The second kappa shape index (κ2) is 7.93. The third-order valence-corrected chi connectivity index (χ3v) is 5.77. The summed E-state index contributed by atoms with van der Waals surface area (Å²) in [6.07, 6.45) is 8.50. The van der Waals surface area contributed by atoms with E-state index >= 15 is 0 Å². The van der Waals surface area contributed by atoms with Crippen molar-refractivity contribution in [3.05, 3.63) is 17.5 Å². The number of nitrogens with zero attached hydrogens (tertiary/aromatic N) is 2. The lowest BCUT2D eigenvalue weighted by Crippen LogP contribution is -2.50. The van der Waals surface area contributed by atoms with E-state index in [0.717, 1.165) is 57.3 Å². The Balaban J connectivity index is 1.67. The molecular weight excluding hydrogens is 328 g/mol. The minimum absolute atomic E-state index is 0.0996. The number of aromatic nitrogens is 1. The lowest BCUT2D eigenvalue weighted by Gasteiger charge is -2.37. The number of Topliss-reactive ketones (excluding diaryl/α,β-unsaturated/α-hetero) is 1. The van der Waals surface area contributed by atoms with E-state index in [2.05, 4.69) is 25.9 Å². The predicted molar refractivity (Wildman–Crippen MR) is 99.8 cm³/mol. The zero-order valence-electron chi connectivity index (χ0n) is 16.4. The largest absolute Gasteiger partial charge is 0.361 e. The third-order valence-electron chi connectivity index (χ3n) is 5.77. The zero-order valence-corrected chi connectivity index (χ0v) is 16.4. The molecule has 1 saturated heterocycles. The van der Waals surface area contributed by atoms with E-state index in [9.17, 15) is 9.59 Å². The Kier molecular flexibility index (Phi) is 5.83. The van der Waals surface area contributed by atoms with E-state index in [1.165, 1.54) is 6.42 Å². The molecule has 1 atom stereocenters. The van der Waals surface area contributed by atoms with Crippen molar-refractivity contribution < 1.29 is 14.1 Å². The molecule has 144 valence electrons. The third kappa shape index (κ3) is 4.36. The van der Waals surface area contributed by atoms with Crippen LogP contribution in [-0.4, -0.2) is 34.3 Å². The first-order chi connectivity index (χ1) is 12.4. The number of hydrogen-bond donors (Lipinski definition) is 0. The molecule has 2 heterocycles. The van der Waals surface area contributed by atoms with Gasteiger partial charge in [0.15, 0.2) is 5.78 Å². The maximum atomic E-state index is 13.0. The van der Waals surface area contributed by atoms with Gasteiger partial charge in [0.1, 0.15) is 5.76 Å². The van der Waals surface area contributed by atoms with Gasteiger partial charge in [-0.1, -0.05) is 45.2 Å². The minimum atomic E-state index is -0.284. The molecule has 3 rings (SSSR count). The Labute approximate surface area is 156 Å². The van der Waals surface area contributed by atoms with Gasteiger partial charge in [-0.25, -0.2) is 0 Å². The first-order valence-electron chi connectivity index (χ1n) is 10.2. The van der Waals surface area contributed by atoms with Gasteiger partial charge in [-0.05, 0) is 32.1 Å². The summed E-state index contributed by atoms with van der Waals surface area (Å²) in [5.74, 6) is 1.22. The average Bonchev–Trinajstić information content (AvgIpc) is 3.11. The predicted octanol–water partition coefficient (Wildman–Crippen LogP) is 4.05. The van der Waals surface area contributed by atoms with Gasteiger partial charge >= 0.3 is 0 Å². The molecule has 5 nitrogen and oxygen atoms in total. The van der Waals surface area contributed by atoms with Crippen LogP contribution in [0, 0.1) is 5.92 Å². The number of carbonyl (C=O) groups excluding carboxylic acids is 2. The smallest absolute Gasteiger partial charge is 0.226 e. The second-order valence-corrected chi connectivity index (χ2v) is 8.95. The fraction of sp³-hybridized carbons (Fsp3) is 0.762. The zero-order chi connectivity index (χ0) is 18.7. The molecule has 0 bridgehead atoms. The molecule has 2 fully saturated rings. The lowest BCUT2D eigenvalue weighted by molar-refractivity contribution is -0.145. The van der Waals surface area contributed by atoms with Crippen LogP contribution in [0.1, 0.15) is 83.6 Å². The topological polar surface area (TPSA) is 63.4 Å². The summed E-state index contributed by atoms with van der Waals surface area (Å²) in [5.41, 5.74) is 0.554. The summed E-state index contributed by atoms with van der Waals surface area (Å²) < 4.78 is 5.40. The fourth-order valence-corrected chi connectivity index (χ4v) is 4.16. The van der Waals surface area contributed by atoms with Gasteiger partial charge < -0.3 is 9.42 Å². The van der Waals surface area contributed by atoms with Crippen molar-refractivity contribution in [2.75, 3.05) is 6.54 Å². The highest BCUT2D eigenvalue weighted by molar-refractivity contribution is 5.91. The molecule has 2 aliphatic rings. The molecule has 1 amide bonds. The number of piperidine rings is 1. The van der Waals surface area contributed by atoms with Crippen molar-refractivity contribution in [2.24, 2.45) is 5.92 Å². The normalized spacial score (nSPS) is 22.4. The Morgan fingerprint density at radius 3 is 2.46 bits per heavy atom. The molecule has 1 saturated carbocycles. The van der Waals surface area contributed by atoms with Crippen molar-refractivity contribution in [3.63, 3.8) is 0 Å². The Morgan fingerprint density at radius 1 is 1.12 bits per heavy atom. The number of rotatable bonds is 4. The van der Waals surface area contributed by atoms with Gasteiger partial charge in [0, 0.05) is 23.9 Å². The van der Waals surface area contributed by atoms with E-state index in [1.807, 2.05) is 11.0 Å². The molecule has 1 aliphatic heterocycles. The van der Waals surface area contributed by atoms with Crippen LogP contribution in [0.5, 0.6) is 0 Å². The van der Waals surface area contributed by atoms with Crippen LogP contribution >= 0.6 is 0 Å². The molecule has 26 heavy (non-hydrogen) atoms. The maximum Gasteiger partial charge on any atom is 0.226 e. The van der Waals surface area contributed by atoms with Crippen molar-refractivity contribution >= 4 is 11.7 Å². The SMILES string of the molecule is CC(C)(C)c1cc(CC(=O)[C@@H]2CCCCN2C(=O)C2CCCCC2)no1. The van der Waals surface area contributed by atoms with Crippen LogP contribution in [-0.2, 0) is 21.4 Å². The summed E-state index contributed by atoms with van der Waals surface area (Å²) in [7, 11) is 0. The lowest BCUT2D eigenvalue weighted by atomic mass is 9.86. The Bertz CT molecular complexity index is 638. The van der Waals surface area contributed by atoms with Gasteiger partial charge in [0.05, 0.1) is 18.2 Å². The number of hydrogen-bond acceptors (Lipinski definition) is 4. The molecule has 5 heteroatoms. The second-order valence-electron chi connectivity index (χ2n) is 8.95. The number of amides is 1. The van der Waals surface area contributed by atoms with Gasteiger partial charge in [-0.15, -0.1) is 0 Å². The summed E-state index contributed by atoms with van der Waals surface area (Å²) in [5, 5.41) is 4.08. The van der Waals surface area contributed by atoms with Gasteiger partial charge in [0.2, 0.25) is 5.91 Å². The number of ketones is 1. The van der Waals surface area contributed by atoms with E-state index in [-0.39, 0.29) is 35.5 Å². The molecule has 0 unspecified atom stereocenters. The Hall–Kier alpha value is -1.65. The highest BCUT2D eigenvalue weighted by Gasteiger charge is 2.36. The Morgan fingerprint density at radius 2 is 1.81 bits per heavy atom. The van der Waals surface area contributed by atoms with Crippen LogP contribution in [0.4, 0.5) is 0 Å². The molecule has 0 aromatic carbocycles. The monoisotopic (exact) mass is 360 g/mol. The van der Waals surface area contributed by atoms with Crippen molar-refractivity contribution in [1.82, 2.24) is 10.1 Å². The van der Waals surface area contributed by atoms with Crippen LogP contribution in [0.15, 0.2) is 10.6 Å². The number of carbonyl (C=O) groups is 2. The molecule has 0 radical (unpaired) electrons. The van der Waals surface area contributed by atoms with Gasteiger partial charge in [0.25, 0.3) is 0 Å². The van der Waals surface area contributed by atoms with Crippen molar-refractivity contribution in [1.29, 1.82) is 0 Å². The number of likely N-dealkylation sites (tertiary alicyclic amines) is 1. The molecular formula is C21H32N2O3. The summed E-state index contributed by atoms with van der Waals surface area (Å²) in [4.78, 5) is 27.8. The standard InChI is InChI=1S/C21H32N2O3/c1-21(2,3)19-14-16(22-26-19)13-18(24)17-11-7-8-12-23(17)20(25)15-9-5-4-6-10-15/h14-15,17H,4-13H2,1-3H3/t17-/m0/s1. The first-order valence-corrected chi connectivity index (χ1v) is 10.2. The quantitative estimate of drug-likeness (QED) is 0.813. The van der Waals surface area contributed by atoms with Gasteiger partial charge in [-0.3, -0.25) is 9.59 Å². The van der Waals surface area contributed by atoms with Crippen molar-refractivity contribution in [2.45, 2.75) is 90.0 Å². The first kappa shape index (κ1) is 19.1. The molecule has 1 aliphatic carbocycles. The van der Waals surface area contributed by atoms with Crippen molar-refractivity contribution in [3.8, 4) is 0 Å². The van der Waals surface area contributed by atoms with E-state index < -0.39 is 0 Å². The van der Waals surface area contributed by atoms with E-state index in [1.54, 1.807) is 0 Å². The molecule has 1 aromatic rings. The van der Waals surface area contributed by atoms with Crippen LogP contribution < -0.4 is 0 Å². The van der Waals surface area contributed by atoms with E-state index in [4.69, 9.17) is 4.52 Å². The van der Waals surface area contributed by atoms with E-state index in [0.29, 0.717) is 5.69 Å². The highest BCUT2D eigenvalue weighted by atomic mass is 16.5. The minimum Gasteiger partial charge on any atom is -0.361 e. The summed E-state index contributed by atoms with van der Waals surface area (Å²) in [6.45, 7) is 6.90. The summed E-state index contributed by atoms with van der Waals surface area (Å²) >= 11 is 0. The maximum absolute atomic E-state index is 13.0. The van der Waals surface area contributed by atoms with Crippen LogP contribution in [0.3, 0.4) is 0 Å². The summed E-state index contributed by atoms with van der Waals surface area (Å²) in [6, 6.07) is 1.60. The molecule has 1 aromatic heterocycles. The average molecular weight is 360 g/mol. The van der Waals surface area contributed by atoms with Crippen LogP contribution in [0.2, 0.25) is 0 Å². The van der Waals surface area contributed by atoms with Gasteiger partial charge in [-0.2, -0.15) is 0 Å². The molecule has 0 N–H and O–H groups in total.